The van der Waals surface area contributed by atoms with Gasteiger partial charge in [0.15, 0.2) is 0 Å². The second kappa shape index (κ2) is 8.21. The van der Waals surface area contributed by atoms with Crippen LogP contribution in [0.25, 0.3) is 0 Å². The van der Waals surface area contributed by atoms with Crippen molar-refractivity contribution in [2.75, 3.05) is 5.32 Å². The summed E-state index contributed by atoms with van der Waals surface area (Å²) in [4.78, 5) is 38.1. The Morgan fingerprint density at radius 1 is 1.07 bits per heavy atom. The molecule has 2 aromatic carbocycles. The summed E-state index contributed by atoms with van der Waals surface area (Å²) in [7, 11) is 0. The van der Waals surface area contributed by atoms with Gasteiger partial charge in [-0.25, -0.2) is 0 Å². The molecular formula is C21H23N3O4. The van der Waals surface area contributed by atoms with Crippen LogP contribution >= 0.6 is 0 Å². The Kier molecular flexibility index (Phi) is 5.73. The van der Waals surface area contributed by atoms with Crippen LogP contribution in [0.1, 0.15) is 53.8 Å². The maximum absolute atomic E-state index is 13.2. The first-order valence-electron chi connectivity index (χ1n) is 9.36. The first-order valence-corrected chi connectivity index (χ1v) is 9.36. The topological polar surface area (TPSA) is 92.6 Å². The molecule has 0 aliphatic carbocycles. The van der Waals surface area contributed by atoms with Crippen molar-refractivity contribution in [1.82, 2.24) is 4.90 Å². The fraction of sp³-hybridized carbons (Fsp3) is 0.333. The molecule has 2 aromatic rings. The number of nitro benzene ring substituents is 1. The number of para-hydroxylation sites is 1. The molecule has 0 unspecified atom stereocenters. The highest BCUT2D eigenvalue weighted by Crippen LogP contribution is 2.27. The van der Waals surface area contributed by atoms with Crippen molar-refractivity contribution >= 4 is 23.2 Å². The molecule has 0 aromatic heterocycles. The first kappa shape index (κ1) is 19.5. The first-order chi connectivity index (χ1) is 13.4. The lowest BCUT2D eigenvalue weighted by Crippen LogP contribution is -2.47. The number of amides is 2. The van der Waals surface area contributed by atoms with Crippen molar-refractivity contribution in [3.8, 4) is 0 Å². The van der Waals surface area contributed by atoms with Gasteiger partial charge in [-0.1, -0.05) is 18.2 Å². The number of nitrogens with one attached hydrogen (secondary N) is 1. The van der Waals surface area contributed by atoms with Gasteiger partial charge in [-0.05, 0) is 51.3 Å². The summed E-state index contributed by atoms with van der Waals surface area (Å²) in [6.07, 6.45) is 3.01. The smallest absolute Gasteiger partial charge is 0.270 e. The van der Waals surface area contributed by atoms with Crippen LogP contribution in [0.3, 0.4) is 0 Å². The lowest BCUT2D eigenvalue weighted by molar-refractivity contribution is -0.384. The molecule has 1 aliphatic rings. The third kappa shape index (κ3) is 4.03. The maximum atomic E-state index is 13.2. The Morgan fingerprint density at radius 3 is 2.43 bits per heavy atom. The monoisotopic (exact) mass is 381 g/mol. The summed E-state index contributed by atoms with van der Waals surface area (Å²) in [5.74, 6) is -0.613. The number of hydrogen-bond donors (Lipinski definition) is 1. The van der Waals surface area contributed by atoms with Gasteiger partial charge in [0.1, 0.15) is 0 Å². The van der Waals surface area contributed by atoms with Crippen LogP contribution in [-0.2, 0) is 0 Å². The molecule has 2 amide bonds. The number of piperidine rings is 1. The van der Waals surface area contributed by atoms with E-state index >= 15 is 0 Å². The van der Waals surface area contributed by atoms with E-state index in [9.17, 15) is 19.7 Å². The molecule has 0 spiro atoms. The minimum absolute atomic E-state index is 0.116. The van der Waals surface area contributed by atoms with E-state index in [1.165, 1.54) is 24.3 Å². The average Bonchev–Trinajstić information content (AvgIpc) is 2.68. The molecule has 1 aliphatic heterocycles. The molecule has 146 valence electrons. The molecular weight excluding hydrogens is 358 g/mol. The van der Waals surface area contributed by atoms with Crippen molar-refractivity contribution in [2.45, 2.75) is 45.2 Å². The van der Waals surface area contributed by atoms with E-state index in [4.69, 9.17) is 0 Å². The van der Waals surface area contributed by atoms with E-state index in [-0.39, 0.29) is 29.2 Å². The Balaban J connectivity index is 1.86. The number of likely N-dealkylation sites (tertiary alicyclic amines) is 1. The third-order valence-electron chi connectivity index (χ3n) is 5.15. The second-order valence-electron chi connectivity index (χ2n) is 7.15. The summed E-state index contributed by atoms with van der Waals surface area (Å²) in [6, 6.07) is 12.6. The summed E-state index contributed by atoms with van der Waals surface area (Å²) >= 11 is 0. The van der Waals surface area contributed by atoms with Crippen LogP contribution in [0, 0.1) is 10.1 Å². The molecule has 3 rings (SSSR count). The van der Waals surface area contributed by atoms with Gasteiger partial charge in [0.05, 0.1) is 16.2 Å². The molecule has 0 saturated carbocycles. The van der Waals surface area contributed by atoms with Gasteiger partial charge < -0.3 is 10.2 Å². The molecule has 28 heavy (non-hydrogen) atoms. The number of carbonyl (C=O) groups excluding carboxylic acids is 2. The van der Waals surface area contributed by atoms with Crippen molar-refractivity contribution in [3.63, 3.8) is 0 Å². The molecule has 7 heteroatoms. The van der Waals surface area contributed by atoms with E-state index in [2.05, 4.69) is 5.32 Å². The van der Waals surface area contributed by atoms with Gasteiger partial charge in [-0.3, -0.25) is 19.7 Å². The van der Waals surface area contributed by atoms with Crippen molar-refractivity contribution < 1.29 is 14.5 Å². The number of nitrogens with zero attached hydrogens (tertiary/aromatic N) is 2. The van der Waals surface area contributed by atoms with Crippen LogP contribution in [0.15, 0.2) is 48.5 Å². The highest BCUT2D eigenvalue weighted by Gasteiger charge is 2.31. The van der Waals surface area contributed by atoms with E-state index < -0.39 is 10.8 Å². The fourth-order valence-corrected chi connectivity index (χ4v) is 3.69. The lowest BCUT2D eigenvalue weighted by Gasteiger charge is -2.39. The Labute approximate surface area is 163 Å². The van der Waals surface area contributed by atoms with Crippen molar-refractivity contribution in [3.05, 3.63) is 69.8 Å². The van der Waals surface area contributed by atoms with Crippen LogP contribution in [0.4, 0.5) is 11.4 Å². The zero-order valence-electron chi connectivity index (χ0n) is 15.9. The number of hydrogen-bond acceptors (Lipinski definition) is 4. The average molecular weight is 381 g/mol. The molecule has 0 bridgehead atoms. The molecule has 1 N–H and O–H groups in total. The number of non-ortho nitro benzene ring substituents is 1. The van der Waals surface area contributed by atoms with Crippen LogP contribution in [-0.4, -0.2) is 33.7 Å². The minimum Gasteiger partial charge on any atom is -0.333 e. The van der Waals surface area contributed by atoms with E-state index in [1.807, 2.05) is 18.7 Å². The maximum Gasteiger partial charge on any atom is 0.270 e. The standard InChI is InChI=1S/C21H23N3O4/c1-14-7-5-8-15(2)23(14)21(26)18-11-3-4-12-19(18)22-20(25)16-9-6-10-17(13-16)24(27)28/h3-4,6,9-15H,5,7-8H2,1-2H3,(H,22,25)/t14-,15-/m0/s1. The highest BCUT2D eigenvalue weighted by molar-refractivity contribution is 6.09. The molecule has 1 heterocycles. The van der Waals surface area contributed by atoms with Crippen molar-refractivity contribution in [2.24, 2.45) is 0 Å². The van der Waals surface area contributed by atoms with Crippen LogP contribution in [0.5, 0.6) is 0 Å². The van der Waals surface area contributed by atoms with Gasteiger partial charge in [0.25, 0.3) is 17.5 Å². The van der Waals surface area contributed by atoms with Crippen molar-refractivity contribution in [1.29, 1.82) is 0 Å². The largest absolute Gasteiger partial charge is 0.333 e. The summed E-state index contributed by atoms with van der Waals surface area (Å²) in [5.41, 5.74) is 0.819. The summed E-state index contributed by atoms with van der Waals surface area (Å²) in [5, 5.41) is 13.7. The van der Waals surface area contributed by atoms with E-state index in [1.54, 1.807) is 24.3 Å². The zero-order chi connectivity index (χ0) is 20.3. The molecule has 2 atom stereocenters. The van der Waals surface area contributed by atoms with Gasteiger partial charge in [0, 0.05) is 29.8 Å². The minimum atomic E-state index is -0.548. The summed E-state index contributed by atoms with van der Waals surface area (Å²) < 4.78 is 0. The molecule has 1 fully saturated rings. The summed E-state index contributed by atoms with van der Waals surface area (Å²) in [6.45, 7) is 4.08. The Bertz CT molecular complexity index is 902. The van der Waals surface area contributed by atoms with Crippen LogP contribution in [0.2, 0.25) is 0 Å². The number of anilines is 1. The predicted octanol–water partition coefficient (Wildman–Crippen LogP) is 4.25. The Morgan fingerprint density at radius 2 is 1.75 bits per heavy atom. The molecule has 7 nitrogen and oxygen atoms in total. The fourth-order valence-electron chi connectivity index (χ4n) is 3.69. The highest BCUT2D eigenvalue weighted by atomic mass is 16.6. The lowest BCUT2D eigenvalue weighted by atomic mass is 9.96. The number of benzene rings is 2. The Hall–Kier alpha value is -3.22. The molecule has 1 saturated heterocycles. The quantitative estimate of drug-likeness (QED) is 0.633. The van der Waals surface area contributed by atoms with Gasteiger partial charge >= 0.3 is 0 Å². The van der Waals surface area contributed by atoms with Gasteiger partial charge in [-0.2, -0.15) is 0 Å². The molecule has 0 radical (unpaired) electrons. The van der Waals surface area contributed by atoms with Crippen LogP contribution < -0.4 is 5.32 Å². The van der Waals surface area contributed by atoms with E-state index in [0.29, 0.717) is 11.3 Å². The SMILES string of the molecule is C[C@H]1CCC[C@H](C)N1C(=O)c1ccccc1NC(=O)c1cccc([N+](=O)[O-])c1. The third-order valence-corrected chi connectivity index (χ3v) is 5.15. The number of rotatable bonds is 4. The van der Waals surface area contributed by atoms with Gasteiger partial charge in [-0.15, -0.1) is 0 Å². The number of carbonyl (C=O) groups is 2. The van der Waals surface area contributed by atoms with E-state index in [0.717, 1.165) is 19.3 Å². The van der Waals surface area contributed by atoms with Gasteiger partial charge in [0.2, 0.25) is 0 Å². The normalized spacial score (nSPS) is 19.1. The predicted molar refractivity (Wildman–Crippen MR) is 106 cm³/mol. The second-order valence-corrected chi connectivity index (χ2v) is 7.15. The zero-order valence-corrected chi connectivity index (χ0v) is 15.9. The number of nitro groups is 1.